The summed E-state index contributed by atoms with van der Waals surface area (Å²) in [6.45, 7) is 10.3. The fraction of sp³-hybridized carbons (Fsp3) is 1.00. The van der Waals surface area contributed by atoms with E-state index in [9.17, 15) is 10.2 Å². The Bertz CT molecular complexity index is 665. The van der Waals surface area contributed by atoms with E-state index < -0.39 is 0 Å². The van der Waals surface area contributed by atoms with Crippen molar-refractivity contribution in [1.82, 2.24) is 4.90 Å². The lowest BCUT2D eigenvalue weighted by Crippen LogP contribution is -2.58. The number of aliphatic hydroxyl groups is 2. The average molecular weight is 416 g/mol. The van der Waals surface area contributed by atoms with Crippen molar-refractivity contribution in [2.45, 2.75) is 96.8 Å². The van der Waals surface area contributed by atoms with E-state index in [0.29, 0.717) is 5.92 Å². The zero-order chi connectivity index (χ0) is 20.8. The third-order valence-corrected chi connectivity index (χ3v) is 12.0. The molecule has 3 nitrogen and oxygen atoms in total. The van der Waals surface area contributed by atoms with Gasteiger partial charge in [0.05, 0.1) is 12.2 Å². The summed E-state index contributed by atoms with van der Waals surface area (Å²) >= 11 is 0. The van der Waals surface area contributed by atoms with Crippen LogP contribution in [0, 0.1) is 58.7 Å². The molecule has 3 heteroatoms. The van der Waals surface area contributed by atoms with Crippen molar-refractivity contribution in [3.8, 4) is 0 Å². The molecule has 9 unspecified atom stereocenters. The fourth-order valence-corrected chi connectivity index (χ4v) is 10.6. The fourth-order valence-electron chi connectivity index (χ4n) is 10.6. The molecule has 2 N–H and O–H groups in total. The summed E-state index contributed by atoms with van der Waals surface area (Å²) in [7, 11) is 0. The van der Waals surface area contributed by atoms with Crippen LogP contribution < -0.4 is 0 Å². The Morgan fingerprint density at radius 1 is 0.733 bits per heavy atom. The normalized spacial score (nSPS) is 60.7. The van der Waals surface area contributed by atoms with Gasteiger partial charge in [0, 0.05) is 19.1 Å². The van der Waals surface area contributed by atoms with Crippen LogP contribution in [0.25, 0.3) is 0 Å². The second-order valence-corrected chi connectivity index (χ2v) is 13.1. The van der Waals surface area contributed by atoms with Gasteiger partial charge in [0.25, 0.3) is 0 Å². The van der Waals surface area contributed by atoms with Gasteiger partial charge in [-0.25, -0.2) is 0 Å². The Labute approximate surface area is 184 Å². The van der Waals surface area contributed by atoms with Crippen LogP contribution in [0.5, 0.6) is 0 Å². The highest BCUT2D eigenvalue weighted by molar-refractivity contribution is 5.12. The number of hydrogen-bond donors (Lipinski definition) is 2. The third kappa shape index (κ3) is 2.86. The zero-order valence-corrected chi connectivity index (χ0v) is 19.5. The van der Waals surface area contributed by atoms with E-state index in [-0.39, 0.29) is 17.6 Å². The van der Waals surface area contributed by atoms with Gasteiger partial charge in [0.15, 0.2) is 0 Å². The molecular weight excluding hydrogens is 370 g/mol. The molecule has 2 aliphatic heterocycles. The first-order chi connectivity index (χ1) is 14.4. The van der Waals surface area contributed by atoms with Crippen molar-refractivity contribution in [3.05, 3.63) is 0 Å². The number of nitrogens with zero attached hydrogens (tertiary/aromatic N) is 1. The summed E-state index contributed by atoms with van der Waals surface area (Å²) in [5.74, 6) is 7.22. The van der Waals surface area contributed by atoms with Gasteiger partial charge in [0.1, 0.15) is 0 Å². The predicted molar refractivity (Wildman–Crippen MR) is 120 cm³/mol. The van der Waals surface area contributed by atoms with Crippen molar-refractivity contribution in [2.75, 3.05) is 13.1 Å². The Balaban J connectivity index is 1.28. The SMILES string of the molecule is C[C@H]1CCC2[C@H](C)C3CCC4C(CC5C4C[C@@H](O)C4CC(O)CC[C@]54C)C3CN2C1. The minimum atomic E-state index is -0.181. The molecule has 6 aliphatic rings. The van der Waals surface area contributed by atoms with E-state index in [2.05, 4.69) is 25.7 Å². The molecule has 4 aliphatic carbocycles. The average Bonchev–Trinajstić information content (AvgIpc) is 3.09. The topological polar surface area (TPSA) is 43.7 Å². The molecule has 6 fully saturated rings. The molecule has 6 rings (SSSR count). The van der Waals surface area contributed by atoms with Crippen molar-refractivity contribution >= 4 is 0 Å². The number of rotatable bonds is 0. The lowest BCUT2D eigenvalue weighted by Gasteiger charge is -2.56. The summed E-state index contributed by atoms with van der Waals surface area (Å²) in [6.07, 6.45) is 10.7. The minimum absolute atomic E-state index is 0.180. The van der Waals surface area contributed by atoms with Crippen LogP contribution in [0.3, 0.4) is 0 Å². The van der Waals surface area contributed by atoms with E-state index in [1.165, 1.54) is 45.2 Å². The standard InChI is InChI=1S/C27H45NO2/c1-15-4-7-25-16(2)18-5-6-19-20(22(18)14-28(25)13-15)11-23-21(19)12-26(30)24-10-17(29)8-9-27(23,24)3/h15-26,29-30H,4-14H2,1-3H3/t15-,16+,17?,18?,19?,20?,21?,22?,23?,24?,25?,26+,27+/m0/s1. The highest BCUT2D eigenvalue weighted by atomic mass is 16.3. The molecule has 30 heavy (non-hydrogen) atoms. The molecule has 4 saturated carbocycles. The maximum atomic E-state index is 11.2. The summed E-state index contributed by atoms with van der Waals surface area (Å²) in [5, 5.41) is 21.5. The van der Waals surface area contributed by atoms with Gasteiger partial charge in [-0.1, -0.05) is 20.8 Å². The van der Waals surface area contributed by atoms with Crippen molar-refractivity contribution < 1.29 is 10.2 Å². The monoisotopic (exact) mass is 415 g/mol. The van der Waals surface area contributed by atoms with Crippen LogP contribution in [-0.2, 0) is 0 Å². The molecule has 2 saturated heterocycles. The van der Waals surface area contributed by atoms with E-state index in [0.717, 1.165) is 79.1 Å². The third-order valence-electron chi connectivity index (χ3n) is 12.0. The molecule has 0 spiro atoms. The van der Waals surface area contributed by atoms with E-state index in [1.807, 2.05) is 0 Å². The van der Waals surface area contributed by atoms with Crippen LogP contribution in [0.4, 0.5) is 0 Å². The number of fused-ring (bicyclic) bond motifs is 8. The molecule has 0 aromatic rings. The molecule has 0 aromatic heterocycles. The molecule has 170 valence electrons. The van der Waals surface area contributed by atoms with E-state index in [4.69, 9.17) is 0 Å². The molecule has 0 radical (unpaired) electrons. The minimum Gasteiger partial charge on any atom is -0.393 e. The summed E-state index contributed by atoms with van der Waals surface area (Å²) in [6, 6.07) is 0.853. The Morgan fingerprint density at radius 2 is 1.53 bits per heavy atom. The maximum absolute atomic E-state index is 11.2. The molecule has 0 amide bonds. The Hall–Kier alpha value is -0.120. The lowest BCUT2D eigenvalue weighted by molar-refractivity contribution is -0.130. The first-order valence-electron chi connectivity index (χ1n) is 13.5. The number of aliphatic hydroxyl groups excluding tert-OH is 2. The smallest absolute Gasteiger partial charge is 0.0577 e. The molecule has 0 bridgehead atoms. The van der Waals surface area contributed by atoms with Crippen LogP contribution in [0.1, 0.15) is 78.6 Å². The van der Waals surface area contributed by atoms with Gasteiger partial charge in [-0.2, -0.15) is 0 Å². The summed E-state index contributed by atoms with van der Waals surface area (Å²) in [5.41, 5.74) is 0.261. The van der Waals surface area contributed by atoms with Gasteiger partial charge in [-0.15, -0.1) is 0 Å². The highest BCUT2D eigenvalue weighted by Gasteiger charge is 2.62. The number of piperidine rings is 2. The van der Waals surface area contributed by atoms with Gasteiger partial charge in [-0.3, -0.25) is 4.90 Å². The molecule has 2 heterocycles. The highest BCUT2D eigenvalue weighted by Crippen LogP contribution is 2.67. The van der Waals surface area contributed by atoms with Crippen molar-refractivity contribution in [2.24, 2.45) is 58.7 Å². The van der Waals surface area contributed by atoms with Crippen LogP contribution in [0.2, 0.25) is 0 Å². The van der Waals surface area contributed by atoms with E-state index >= 15 is 0 Å². The van der Waals surface area contributed by atoms with Gasteiger partial charge in [0.2, 0.25) is 0 Å². The largest absolute Gasteiger partial charge is 0.393 e. The maximum Gasteiger partial charge on any atom is 0.0577 e. The lowest BCUT2D eigenvalue weighted by atomic mass is 9.51. The number of hydrogen-bond acceptors (Lipinski definition) is 3. The van der Waals surface area contributed by atoms with Crippen molar-refractivity contribution in [3.63, 3.8) is 0 Å². The Kier molecular flexibility index (Phi) is 4.91. The zero-order valence-electron chi connectivity index (χ0n) is 19.5. The second kappa shape index (κ2) is 7.19. The van der Waals surface area contributed by atoms with Gasteiger partial charge in [-0.05, 0) is 116 Å². The first-order valence-corrected chi connectivity index (χ1v) is 13.5. The molecule has 13 atom stereocenters. The van der Waals surface area contributed by atoms with Crippen LogP contribution >= 0.6 is 0 Å². The van der Waals surface area contributed by atoms with Gasteiger partial charge >= 0.3 is 0 Å². The quantitative estimate of drug-likeness (QED) is 0.609. The predicted octanol–water partition coefficient (Wildman–Crippen LogP) is 4.56. The molecular formula is C27H45NO2. The first kappa shape index (κ1) is 20.5. The molecule has 0 aromatic carbocycles. The van der Waals surface area contributed by atoms with Crippen molar-refractivity contribution in [1.29, 1.82) is 0 Å². The van der Waals surface area contributed by atoms with Crippen LogP contribution in [0.15, 0.2) is 0 Å². The summed E-state index contributed by atoms with van der Waals surface area (Å²) in [4.78, 5) is 2.92. The van der Waals surface area contributed by atoms with Crippen LogP contribution in [-0.4, -0.2) is 46.5 Å². The van der Waals surface area contributed by atoms with Gasteiger partial charge < -0.3 is 10.2 Å². The summed E-state index contributed by atoms with van der Waals surface area (Å²) < 4.78 is 0. The Morgan fingerprint density at radius 3 is 2.37 bits per heavy atom. The van der Waals surface area contributed by atoms with E-state index in [1.54, 1.807) is 0 Å². The second-order valence-electron chi connectivity index (χ2n) is 13.1.